The lowest BCUT2D eigenvalue weighted by Gasteiger charge is -2.12. The quantitative estimate of drug-likeness (QED) is 0.219. The van der Waals surface area contributed by atoms with E-state index in [1.807, 2.05) is 11.8 Å². The van der Waals surface area contributed by atoms with Gasteiger partial charge in [-0.05, 0) is 49.5 Å². The van der Waals surface area contributed by atoms with Crippen molar-refractivity contribution in [3.05, 3.63) is 35.1 Å². The van der Waals surface area contributed by atoms with Gasteiger partial charge in [0.05, 0.1) is 0 Å². The van der Waals surface area contributed by atoms with Crippen LogP contribution in [0.1, 0.15) is 28.8 Å². The molecule has 0 atom stereocenters. The SMILES string of the molecule is CN=C(NCCCCSC)NCCNC(=O)c1ccc(C)c(F)c1.I. The first kappa shape index (κ1) is 24.0. The summed E-state index contributed by atoms with van der Waals surface area (Å²) in [7, 11) is 1.71. The van der Waals surface area contributed by atoms with Crippen LogP contribution in [0.2, 0.25) is 0 Å². The Morgan fingerprint density at radius 1 is 1.16 bits per heavy atom. The van der Waals surface area contributed by atoms with E-state index in [9.17, 15) is 9.18 Å². The van der Waals surface area contributed by atoms with Gasteiger partial charge in [-0.3, -0.25) is 9.79 Å². The van der Waals surface area contributed by atoms with Crippen LogP contribution in [0.4, 0.5) is 4.39 Å². The lowest BCUT2D eigenvalue weighted by Crippen LogP contribution is -2.41. The molecule has 142 valence electrons. The molecule has 25 heavy (non-hydrogen) atoms. The molecule has 0 radical (unpaired) electrons. The van der Waals surface area contributed by atoms with Gasteiger partial charge in [0.2, 0.25) is 0 Å². The van der Waals surface area contributed by atoms with Gasteiger partial charge in [0.25, 0.3) is 5.91 Å². The fourth-order valence-corrected chi connectivity index (χ4v) is 2.48. The second kappa shape index (κ2) is 14.2. The average Bonchev–Trinajstić information content (AvgIpc) is 2.58. The molecule has 0 saturated heterocycles. The van der Waals surface area contributed by atoms with Crippen molar-refractivity contribution in [2.75, 3.05) is 38.7 Å². The Hall–Kier alpha value is -1.03. The molecule has 0 unspecified atom stereocenters. The van der Waals surface area contributed by atoms with Gasteiger partial charge in [-0.15, -0.1) is 24.0 Å². The average molecular weight is 482 g/mol. The van der Waals surface area contributed by atoms with Crippen LogP contribution >= 0.6 is 35.7 Å². The third kappa shape index (κ3) is 9.88. The minimum atomic E-state index is -0.369. The van der Waals surface area contributed by atoms with Crippen LogP contribution in [0.5, 0.6) is 0 Å². The Bertz CT molecular complexity index is 557. The maximum atomic E-state index is 13.5. The van der Waals surface area contributed by atoms with E-state index < -0.39 is 0 Å². The number of carbonyl (C=O) groups excluding carboxylic acids is 1. The number of unbranched alkanes of at least 4 members (excludes halogenated alkanes) is 1. The van der Waals surface area contributed by atoms with E-state index in [0.29, 0.717) is 24.2 Å². The number of nitrogens with zero attached hydrogens (tertiary/aromatic N) is 1. The van der Waals surface area contributed by atoms with Crippen molar-refractivity contribution >= 4 is 47.6 Å². The van der Waals surface area contributed by atoms with Crippen molar-refractivity contribution in [3.63, 3.8) is 0 Å². The molecule has 0 aromatic heterocycles. The van der Waals surface area contributed by atoms with Crippen LogP contribution in [0.3, 0.4) is 0 Å². The number of amides is 1. The van der Waals surface area contributed by atoms with E-state index in [0.717, 1.165) is 18.9 Å². The lowest BCUT2D eigenvalue weighted by molar-refractivity contribution is 0.0954. The van der Waals surface area contributed by atoms with E-state index in [-0.39, 0.29) is 35.7 Å². The first-order chi connectivity index (χ1) is 11.6. The third-order valence-corrected chi connectivity index (χ3v) is 4.13. The molecular formula is C17H28FIN4OS. The number of benzene rings is 1. The zero-order chi connectivity index (χ0) is 17.8. The Kier molecular flexibility index (Phi) is 13.6. The van der Waals surface area contributed by atoms with Gasteiger partial charge in [0, 0.05) is 32.2 Å². The number of hydrogen-bond acceptors (Lipinski definition) is 3. The number of halogens is 2. The van der Waals surface area contributed by atoms with Crippen molar-refractivity contribution in [2.45, 2.75) is 19.8 Å². The number of carbonyl (C=O) groups is 1. The lowest BCUT2D eigenvalue weighted by atomic mass is 10.1. The summed E-state index contributed by atoms with van der Waals surface area (Å²) in [4.78, 5) is 16.1. The van der Waals surface area contributed by atoms with Crippen LogP contribution in [0.15, 0.2) is 23.2 Å². The highest BCUT2D eigenvalue weighted by molar-refractivity contribution is 14.0. The maximum Gasteiger partial charge on any atom is 0.251 e. The fourth-order valence-electron chi connectivity index (χ4n) is 1.99. The minimum Gasteiger partial charge on any atom is -0.356 e. The molecule has 0 bridgehead atoms. The van der Waals surface area contributed by atoms with Crippen LogP contribution in [0.25, 0.3) is 0 Å². The molecule has 1 aromatic carbocycles. The van der Waals surface area contributed by atoms with Crippen molar-refractivity contribution < 1.29 is 9.18 Å². The van der Waals surface area contributed by atoms with Gasteiger partial charge < -0.3 is 16.0 Å². The number of aryl methyl sites for hydroxylation is 1. The highest BCUT2D eigenvalue weighted by Crippen LogP contribution is 2.08. The number of aliphatic imine (C=N–C) groups is 1. The molecular weight excluding hydrogens is 454 g/mol. The van der Waals surface area contributed by atoms with Gasteiger partial charge in [-0.25, -0.2) is 4.39 Å². The van der Waals surface area contributed by atoms with E-state index in [1.165, 1.54) is 18.2 Å². The normalized spacial score (nSPS) is 10.8. The van der Waals surface area contributed by atoms with Gasteiger partial charge in [-0.2, -0.15) is 11.8 Å². The van der Waals surface area contributed by atoms with Crippen molar-refractivity contribution in [1.29, 1.82) is 0 Å². The van der Waals surface area contributed by atoms with Gasteiger partial charge >= 0.3 is 0 Å². The summed E-state index contributed by atoms with van der Waals surface area (Å²) in [5.74, 6) is 1.23. The number of rotatable bonds is 9. The van der Waals surface area contributed by atoms with E-state index in [4.69, 9.17) is 0 Å². The van der Waals surface area contributed by atoms with Crippen LogP contribution in [-0.4, -0.2) is 50.6 Å². The molecule has 5 nitrogen and oxygen atoms in total. The smallest absolute Gasteiger partial charge is 0.251 e. The van der Waals surface area contributed by atoms with Crippen molar-refractivity contribution in [3.8, 4) is 0 Å². The van der Waals surface area contributed by atoms with Crippen LogP contribution < -0.4 is 16.0 Å². The molecule has 8 heteroatoms. The van der Waals surface area contributed by atoms with Crippen molar-refractivity contribution in [1.82, 2.24) is 16.0 Å². The molecule has 0 heterocycles. The molecule has 0 fully saturated rings. The maximum absolute atomic E-state index is 13.5. The highest BCUT2D eigenvalue weighted by atomic mass is 127. The summed E-state index contributed by atoms with van der Waals surface area (Å²) >= 11 is 1.85. The summed E-state index contributed by atoms with van der Waals surface area (Å²) < 4.78 is 13.5. The molecule has 0 spiro atoms. The predicted octanol–water partition coefficient (Wildman–Crippen LogP) is 2.79. The zero-order valence-corrected chi connectivity index (χ0v) is 18.2. The summed E-state index contributed by atoms with van der Waals surface area (Å²) in [6, 6.07) is 4.48. The molecule has 1 amide bonds. The monoisotopic (exact) mass is 482 g/mol. The Balaban J connectivity index is 0.00000576. The first-order valence-electron chi connectivity index (χ1n) is 8.06. The molecule has 1 rings (SSSR count). The van der Waals surface area contributed by atoms with Crippen LogP contribution in [0, 0.1) is 12.7 Å². The van der Waals surface area contributed by atoms with Gasteiger partial charge in [0.1, 0.15) is 5.82 Å². The molecule has 0 aliphatic heterocycles. The summed E-state index contributed by atoms with van der Waals surface area (Å²) in [6.07, 6.45) is 4.37. The predicted molar refractivity (Wildman–Crippen MR) is 116 cm³/mol. The Morgan fingerprint density at radius 2 is 1.84 bits per heavy atom. The second-order valence-electron chi connectivity index (χ2n) is 5.35. The molecule has 3 N–H and O–H groups in total. The van der Waals surface area contributed by atoms with E-state index in [2.05, 4.69) is 27.2 Å². The number of hydrogen-bond donors (Lipinski definition) is 3. The summed E-state index contributed by atoms with van der Waals surface area (Å²) in [5, 5.41) is 9.12. The highest BCUT2D eigenvalue weighted by Gasteiger charge is 2.07. The number of thioether (sulfide) groups is 1. The minimum absolute atomic E-state index is 0. The second-order valence-corrected chi connectivity index (χ2v) is 6.33. The van der Waals surface area contributed by atoms with E-state index >= 15 is 0 Å². The fraction of sp³-hybridized carbons (Fsp3) is 0.529. The molecule has 0 aliphatic carbocycles. The summed E-state index contributed by atoms with van der Waals surface area (Å²) in [6.45, 7) is 3.52. The molecule has 1 aromatic rings. The third-order valence-electron chi connectivity index (χ3n) is 3.43. The molecule has 0 saturated carbocycles. The number of nitrogens with one attached hydrogen (secondary N) is 3. The summed E-state index contributed by atoms with van der Waals surface area (Å²) in [5.41, 5.74) is 0.857. The van der Waals surface area contributed by atoms with Gasteiger partial charge in [-0.1, -0.05) is 6.07 Å². The largest absolute Gasteiger partial charge is 0.356 e. The van der Waals surface area contributed by atoms with Gasteiger partial charge in [0.15, 0.2) is 5.96 Å². The standard InChI is InChI=1S/C17H27FN4OS.HI/c1-13-6-7-14(12-15(13)18)16(23)20-9-10-22-17(19-2)21-8-4-5-11-24-3;/h6-7,12H,4-5,8-11H2,1-3H3,(H,20,23)(H2,19,21,22);1H. The Morgan fingerprint density at radius 3 is 2.48 bits per heavy atom. The Labute approximate surface area is 171 Å². The topological polar surface area (TPSA) is 65.5 Å². The molecule has 0 aliphatic rings. The van der Waals surface area contributed by atoms with Crippen LogP contribution in [-0.2, 0) is 0 Å². The first-order valence-corrected chi connectivity index (χ1v) is 9.45. The van der Waals surface area contributed by atoms with Crippen molar-refractivity contribution in [2.24, 2.45) is 4.99 Å². The van der Waals surface area contributed by atoms with E-state index in [1.54, 1.807) is 26.1 Å². The number of guanidine groups is 1. The zero-order valence-electron chi connectivity index (χ0n) is 15.0.